The molecule has 176 valence electrons. The number of hydrogen-bond donors (Lipinski definition) is 1. The van der Waals surface area contributed by atoms with Gasteiger partial charge in [0.25, 0.3) is 5.89 Å². The van der Waals surface area contributed by atoms with Crippen LogP contribution in [0.3, 0.4) is 0 Å². The quantitative estimate of drug-likeness (QED) is 0.347. The van der Waals surface area contributed by atoms with E-state index in [-0.39, 0.29) is 17.7 Å². The summed E-state index contributed by atoms with van der Waals surface area (Å²) in [6, 6.07) is 22.5. The molecule has 0 radical (unpaired) electrons. The maximum atomic E-state index is 13.8. The van der Waals surface area contributed by atoms with E-state index in [0.29, 0.717) is 34.8 Å². The third kappa shape index (κ3) is 4.81. The Kier molecular flexibility index (Phi) is 6.33. The number of amides is 2. The van der Waals surface area contributed by atoms with E-state index in [9.17, 15) is 9.18 Å². The molecule has 8 heteroatoms. The molecular weight excluding hydrogens is 467 g/mol. The summed E-state index contributed by atoms with van der Waals surface area (Å²) >= 11 is 6.25. The number of benzene rings is 3. The maximum Gasteiger partial charge on any atom is 0.322 e. The van der Waals surface area contributed by atoms with Crippen molar-refractivity contribution in [2.24, 2.45) is 0 Å². The van der Waals surface area contributed by atoms with Crippen molar-refractivity contribution in [3.8, 4) is 11.4 Å². The normalized spacial score (nSPS) is 15.9. The SMILES string of the molecule is CC1=C(c2nc(-c3cccc(F)c3)no2)C(c2cccc(Cl)c2)NC(=O)N1CCc1ccccc1. The number of carbonyl (C=O) groups excluding carboxylic acids is 1. The molecule has 1 unspecified atom stereocenters. The first kappa shape index (κ1) is 22.8. The summed E-state index contributed by atoms with van der Waals surface area (Å²) in [5.41, 5.74) is 3.77. The number of carbonyl (C=O) groups is 1. The molecule has 3 aromatic carbocycles. The molecule has 0 saturated heterocycles. The molecule has 2 heterocycles. The maximum absolute atomic E-state index is 13.8. The first-order valence-electron chi connectivity index (χ1n) is 11.2. The fourth-order valence-corrected chi connectivity index (χ4v) is 4.43. The fraction of sp³-hybridized carbons (Fsp3) is 0.148. The van der Waals surface area contributed by atoms with Gasteiger partial charge < -0.3 is 9.84 Å². The highest BCUT2D eigenvalue weighted by atomic mass is 35.5. The van der Waals surface area contributed by atoms with Crippen molar-refractivity contribution in [3.05, 3.63) is 112 Å². The van der Waals surface area contributed by atoms with Crippen LogP contribution in [0.1, 0.15) is 30.0 Å². The van der Waals surface area contributed by atoms with E-state index in [1.807, 2.05) is 49.4 Å². The van der Waals surface area contributed by atoms with Crippen molar-refractivity contribution in [3.63, 3.8) is 0 Å². The standard InChI is InChI=1S/C27H22ClFN4O2/c1-17-23(26-31-25(32-35-26)20-10-6-12-22(29)16-20)24(19-9-5-11-21(28)15-19)30-27(34)33(17)14-13-18-7-3-2-4-8-18/h2-12,15-16,24H,13-14H2,1H3,(H,30,34). The number of nitrogens with one attached hydrogen (secondary N) is 1. The summed E-state index contributed by atoms with van der Waals surface area (Å²) in [5, 5.41) is 7.69. The second kappa shape index (κ2) is 9.72. The second-order valence-corrected chi connectivity index (χ2v) is 8.69. The van der Waals surface area contributed by atoms with Gasteiger partial charge in [-0.25, -0.2) is 9.18 Å². The molecular formula is C27H22ClFN4O2. The zero-order chi connectivity index (χ0) is 24.4. The summed E-state index contributed by atoms with van der Waals surface area (Å²) in [6.07, 6.45) is 0.680. The van der Waals surface area contributed by atoms with Crippen LogP contribution in [-0.4, -0.2) is 27.6 Å². The summed E-state index contributed by atoms with van der Waals surface area (Å²) in [7, 11) is 0. The predicted octanol–water partition coefficient (Wildman–Crippen LogP) is 6.27. The van der Waals surface area contributed by atoms with Crippen molar-refractivity contribution in [2.45, 2.75) is 19.4 Å². The van der Waals surface area contributed by atoms with Gasteiger partial charge in [-0.15, -0.1) is 0 Å². The lowest BCUT2D eigenvalue weighted by Gasteiger charge is -2.35. The highest BCUT2D eigenvalue weighted by molar-refractivity contribution is 6.30. The van der Waals surface area contributed by atoms with Gasteiger partial charge in [0.1, 0.15) is 5.82 Å². The average molecular weight is 489 g/mol. The topological polar surface area (TPSA) is 71.3 Å². The number of hydrogen-bond acceptors (Lipinski definition) is 4. The number of rotatable bonds is 6. The van der Waals surface area contributed by atoms with Gasteiger partial charge in [-0.1, -0.05) is 71.4 Å². The number of halogens is 2. The Morgan fingerprint density at radius 2 is 1.86 bits per heavy atom. The Morgan fingerprint density at radius 1 is 1.06 bits per heavy atom. The Labute approximate surface area is 207 Å². The molecule has 0 spiro atoms. The molecule has 0 fully saturated rings. The summed E-state index contributed by atoms with van der Waals surface area (Å²) in [5.74, 6) is 0.117. The van der Waals surface area contributed by atoms with Gasteiger partial charge in [-0.2, -0.15) is 4.98 Å². The van der Waals surface area contributed by atoms with Crippen LogP contribution in [0.25, 0.3) is 17.0 Å². The van der Waals surface area contributed by atoms with Crippen molar-refractivity contribution in [1.29, 1.82) is 0 Å². The minimum atomic E-state index is -0.546. The fourth-order valence-electron chi connectivity index (χ4n) is 4.23. The third-order valence-corrected chi connectivity index (χ3v) is 6.22. The highest BCUT2D eigenvalue weighted by Crippen LogP contribution is 2.38. The Morgan fingerprint density at radius 3 is 2.63 bits per heavy atom. The molecule has 1 atom stereocenters. The van der Waals surface area contributed by atoms with E-state index in [4.69, 9.17) is 16.1 Å². The molecule has 2 amide bonds. The van der Waals surface area contributed by atoms with E-state index in [1.165, 1.54) is 12.1 Å². The van der Waals surface area contributed by atoms with Crippen LogP contribution in [0.4, 0.5) is 9.18 Å². The molecule has 0 bridgehead atoms. The first-order valence-corrected chi connectivity index (χ1v) is 11.6. The van der Waals surface area contributed by atoms with Crippen LogP contribution >= 0.6 is 11.6 Å². The summed E-state index contributed by atoms with van der Waals surface area (Å²) < 4.78 is 19.4. The summed E-state index contributed by atoms with van der Waals surface area (Å²) in [4.78, 5) is 19.4. The van der Waals surface area contributed by atoms with Crippen LogP contribution in [0.5, 0.6) is 0 Å². The van der Waals surface area contributed by atoms with E-state index in [0.717, 1.165) is 11.1 Å². The number of nitrogens with zero attached hydrogens (tertiary/aromatic N) is 3. The van der Waals surface area contributed by atoms with Crippen LogP contribution in [0.2, 0.25) is 5.02 Å². The minimum Gasteiger partial charge on any atom is -0.334 e. The zero-order valence-electron chi connectivity index (χ0n) is 18.9. The number of aromatic nitrogens is 2. The summed E-state index contributed by atoms with van der Waals surface area (Å²) in [6.45, 7) is 2.33. The molecule has 5 rings (SSSR count). The van der Waals surface area contributed by atoms with Gasteiger partial charge in [0.2, 0.25) is 5.82 Å². The van der Waals surface area contributed by atoms with Crippen molar-refractivity contribution < 1.29 is 13.7 Å². The van der Waals surface area contributed by atoms with Crippen LogP contribution < -0.4 is 5.32 Å². The second-order valence-electron chi connectivity index (χ2n) is 8.26. The van der Waals surface area contributed by atoms with Crippen molar-refractivity contribution in [2.75, 3.05) is 6.54 Å². The molecule has 1 aromatic heterocycles. The van der Waals surface area contributed by atoms with Crippen LogP contribution in [-0.2, 0) is 6.42 Å². The molecule has 0 aliphatic carbocycles. The highest BCUT2D eigenvalue weighted by Gasteiger charge is 2.35. The molecule has 0 saturated carbocycles. The van der Waals surface area contributed by atoms with E-state index in [2.05, 4.69) is 15.5 Å². The minimum absolute atomic E-state index is 0.225. The Bertz CT molecular complexity index is 1400. The number of allylic oxidation sites excluding steroid dienone is 1. The van der Waals surface area contributed by atoms with Crippen LogP contribution in [0, 0.1) is 5.82 Å². The molecule has 4 aromatic rings. The largest absolute Gasteiger partial charge is 0.334 e. The lowest BCUT2D eigenvalue weighted by molar-refractivity contribution is 0.205. The van der Waals surface area contributed by atoms with Gasteiger partial charge in [-0.3, -0.25) is 4.90 Å². The molecule has 1 N–H and O–H groups in total. The van der Waals surface area contributed by atoms with E-state index >= 15 is 0 Å². The monoisotopic (exact) mass is 488 g/mol. The zero-order valence-corrected chi connectivity index (χ0v) is 19.7. The van der Waals surface area contributed by atoms with Gasteiger partial charge in [0.15, 0.2) is 0 Å². The molecule has 6 nitrogen and oxygen atoms in total. The molecule has 35 heavy (non-hydrogen) atoms. The van der Waals surface area contributed by atoms with Gasteiger partial charge in [0, 0.05) is 22.8 Å². The van der Waals surface area contributed by atoms with E-state index < -0.39 is 11.9 Å². The average Bonchev–Trinajstić information content (AvgIpc) is 3.34. The molecule has 1 aliphatic rings. The predicted molar refractivity (Wildman–Crippen MR) is 132 cm³/mol. The van der Waals surface area contributed by atoms with Gasteiger partial charge in [0.05, 0.1) is 11.6 Å². The van der Waals surface area contributed by atoms with Gasteiger partial charge in [-0.05, 0) is 48.7 Å². The van der Waals surface area contributed by atoms with Crippen LogP contribution in [0.15, 0.2) is 89.1 Å². The van der Waals surface area contributed by atoms with Gasteiger partial charge >= 0.3 is 6.03 Å². The lowest BCUT2D eigenvalue weighted by Crippen LogP contribution is -2.46. The van der Waals surface area contributed by atoms with Crippen molar-refractivity contribution in [1.82, 2.24) is 20.4 Å². The Hall–Kier alpha value is -3.97. The first-order chi connectivity index (χ1) is 17.0. The smallest absolute Gasteiger partial charge is 0.322 e. The number of urea groups is 1. The lowest BCUT2D eigenvalue weighted by atomic mass is 9.94. The van der Waals surface area contributed by atoms with Crippen molar-refractivity contribution >= 4 is 23.2 Å². The Balaban J connectivity index is 1.56. The molecule has 1 aliphatic heterocycles. The van der Waals surface area contributed by atoms with E-state index in [1.54, 1.807) is 29.2 Å². The third-order valence-electron chi connectivity index (χ3n) is 5.98.